The molecule has 0 aromatic heterocycles. The molecule has 6 rings (SSSR count). The van der Waals surface area contributed by atoms with Crippen LogP contribution in [0.2, 0.25) is 0 Å². The monoisotopic (exact) mass is 736 g/mol. The summed E-state index contributed by atoms with van der Waals surface area (Å²) >= 11 is 6.00. The van der Waals surface area contributed by atoms with Crippen molar-refractivity contribution in [3.8, 4) is 22.6 Å². The number of rotatable bonds is 7. The van der Waals surface area contributed by atoms with E-state index in [0.29, 0.717) is 0 Å². The van der Waals surface area contributed by atoms with Crippen molar-refractivity contribution in [3.05, 3.63) is 132 Å². The summed E-state index contributed by atoms with van der Waals surface area (Å²) in [5.41, 5.74) is 5.87. The van der Waals surface area contributed by atoms with E-state index in [4.69, 9.17) is 19.5 Å². The van der Waals surface area contributed by atoms with Gasteiger partial charge in [0, 0.05) is 23.6 Å². The van der Waals surface area contributed by atoms with Crippen molar-refractivity contribution in [1.82, 2.24) is 0 Å². The molecule has 6 aromatic carbocycles. The van der Waals surface area contributed by atoms with Crippen molar-refractivity contribution >= 4 is 73.8 Å². The molecule has 7 heteroatoms. The number of aliphatic imine (C=N–C) groups is 2. The molecule has 0 aliphatic carbocycles. The molecule has 0 radical (unpaired) electrons. The first-order valence-electron chi connectivity index (χ1n) is 13.4. The molecule has 0 saturated heterocycles. The second-order valence-electron chi connectivity index (χ2n) is 9.47. The Labute approximate surface area is 271 Å². The molecule has 0 bridgehead atoms. The van der Waals surface area contributed by atoms with E-state index in [2.05, 4.69) is 101 Å². The van der Waals surface area contributed by atoms with Crippen LogP contribution < -0.4 is 9.47 Å². The number of methoxy groups -OCH3 is 2. The first-order chi connectivity index (χ1) is 21.1. The SMILES string of the molecule is COc1ccc(C=Nc2ccc3ccccc3c2-c2c(N=Cc3ccc(OC)cc3)ccc3ccccc23)cc1.[Br][Ni][Br]. The van der Waals surface area contributed by atoms with E-state index in [1.807, 2.05) is 61.0 Å². The Morgan fingerprint density at radius 2 is 0.884 bits per heavy atom. The van der Waals surface area contributed by atoms with Crippen LogP contribution in [-0.4, -0.2) is 26.6 Å². The zero-order valence-corrected chi connectivity index (χ0v) is 27.6. The molecule has 0 fully saturated rings. The molecule has 0 saturated carbocycles. The van der Waals surface area contributed by atoms with Crippen LogP contribution in [-0.2, 0) is 10.9 Å². The van der Waals surface area contributed by atoms with Gasteiger partial charge in [-0.3, -0.25) is 9.98 Å². The molecule has 0 heterocycles. The molecule has 0 unspecified atom stereocenters. The number of nitrogens with zero attached hydrogens (tertiary/aromatic N) is 2. The summed E-state index contributed by atoms with van der Waals surface area (Å²) in [6.45, 7) is 0. The van der Waals surface area contributed by atoms with Crippen LogP contribution in [0.25, 0.3) is 32.7 Å². The predicted octanol–water partition coefficient (Wildman–Crippen LogP) is 10.9. The second-order valence-corrected chi connectivity index (χ2v) is 14.5. The van der Waals surface area contributed by atoms with Gasteiger partial charge >= 0.3 is 39.3 Å². The Kier molecular flexibility index (Phi) is 10.8. The molecule has 43 heavy (non-hydrogen) atoms. The van der Waals surface area contributed by atoms with Crippen LogP contribution in [0.5, 0.6) is 11.5 Å². The zero-order chi connectivity index (χ0) is 30.0. The third-order valence-electron chi connectivity index (χ3n) is 7.00. The molecule has 6 aromatic rings. The molecule has 4 nitrogen and oxygen atoms in total. The molecule has 0 atom stereocenters. The summed E-state index contributed by atoms with van der Waals surface area (Å²) in [6.07, 6.45) is 3.80. The fraction of sp³-hybridized carbons (Fsp3) is 0.0556. The number of benzene rings is 6. The Hall–Kier alpha value is -3.77. The maximum atomic E-state index is 5.31. The number of halogens is 2. The van der Waals surface area contributed by atoms with Crippen LogP contribution in [0.4, 0.5) is 11.4 Å². The van der Waals surface area contributed by atoms with Crippen LogP contribution in [0.3, 0.4) is 0 Å². The summed E-state index contributed by atoms with van der Waals surface area (Å²) in [4.78, 5) is 10.0. The number of hydrogen-bond donors (Lipinski definition) is 0. The third-order valence-corrected chi connectivity index (χ3v) is 7.00. The average molecular weight is 739 g/mol. The van der Waals surface area contributed by atoms with E-state index in [1.165, 1.54) is 10.9 Å². The third kappa shape index (κ3) is 7.42. The van der Waals surface area contributed by atoms with Gasteiger partial charge in [-0.1, -0.05) is 60.7 Å². The molecular weight excluding hydrogens is 711 g/mol. The molecule has 218 valence electrons. The van der Waals surface area contributed by atoms with E-state index in [1.54, 1.807) is 14.2 Å². The average Bonchev–Trinajstić information content (AvgIpc) is 3.07. The van der Waals surface area contributed by atoms with E-state index in [0.717, 1.165) is 66.7 Å². The Morgan fingerprint density at radius 3 is 1.26 bits per heavy atom. The number of ether oxygens (including phenoxy) is 2. The van der Waals surface area contributed by atoms with Crippen LogP contribution in [0.15, 0.2) is 131 Å². The van der Waals surface area contributed by atoms with Gasteiger partial charge in [0.25, 0.3) is 0 Å². The summed E-state index contributed by atoms with van der Waals surface area (Å²) in [5, 5.41) is 4.56. The minimum atomic E-state index is 0.818. The van der Waals surface area contributed by atoms with Gasteiger partial charge in [-0.2, -0.15) is 0 Å². The van der Waals surface area contributed by atoms with Gasteiger partial charge in [-0.15, -0.1) is 0 Å². The Bertz CT molecular complexity index is 1750. The maximum absolute atomic E-state index is 5.31. The van der Waals surface area contributed by atoms with Gasteiger partial charge in [0.05, 0.1) is 25.6 Å². The molecule has 0 aliphatic rings. The summed E-state index contributed by atoms with van der Waals surface area (Å²) in [5.74, 6) is 1.64. The first-order valence-corrected chi connectivity index (χ1v) is 18.3. The zero-order valence-electron chi connectivity index (χ0n) is 23.5. The van der Waals surface area contributed by atoms with Crippen LogP contribution in [0.1, 0.15) is 11.1 Å². The van der Waals surface area contributed by atoms with Crippen molar-refractivity contribution < 1.29 is 20.4 Å². The van der Waals surface area contributed by atoms with E-state index >= 15 is 0 Å². The van der Waals surface area contributed by atoms with Crippen LogP contribution >= 0.6 is 28.5 Å². The van der Waals surface area contributed by atoms with E-state index in [-0.39, 0.29) is 0 Å². The van der Waals surface area contributed by atoms with Crippen molar-refractivity contribution in [3.63, 3.8) is 0 Å². The molecule has 0 amide bonds. The standard InChI is InChI=1S/C36H28N2O2.2BrH.Ni/c1-39-29-17-11-25(12-18-29)23-37-33-21-15-27-7-3-5-9-31(27)35(33)36-32-10-6-4-8-28(32)16-22-34(36)38-24-26-13-19-30(40-2)20-14-26;;;/h3-24H,1-2H3;2*1H;/q;;;+2/p-2. The molecule has 0 spiro atoms. The minimum absolute atomic E-state index is 0.818. The summed E-state index contributed by atoms with van der Waals surface area (Å²) in [7, 11) is 4.59. The summed E-state index contributed by atoms with van der Waals surface area (Å²) in [6, 6.07) is 41.1. The normalized spacial score (nSPS) is 11.3. The first kappa shape index (κ1) is 30.7. The predicted molar refractivity (Wildman–Crippen MR) is 185 cm³/mol. The van der Waals surface area contributed by atoms with Gasteiger partial charge in [0.15, 0.2) is 0 Å². The fourth-order valence-corrected chi connectivity index (χ4v) is 4.93. The Balaban J connectivity index is 0.00000118. The Morgan fingerprint density at radius 1 is 0.512 bits per heavy atom. The number of hydrogen-bond acceptors (Lipinski definition) is 4. The van der Waals surface area contributed by atoms with Crippen molar-refractivity contribution in [2.24, 2.45) is 9.98 Å². The molecular formula is C36H28Br2N2NiO2. The molecule has 0 aliphatic heterocycles. The summed E-state index contributed by atoms with van der Waals surface area (Å²) < 4.78 is 10.6. The van der Waals surface area contributed by atoms with E-state index in [9.17, 15) is 0 Å². The van der Waals surface area contributed by atoms with Crippen molar-refractivity contribution in [2.75, 3.05) is 14.2 Å². The van der Waals surface area contributed by atoms with Crippen LogP contribution in [0, 0.1) is 0 Å². The van der Waals surface area contributed by atoms with Gasteiger partial charge in [0.1, 0.15) is 11.5 Å². The molecule has 0 N–H and O–H groups in total. The van der Waals surface area contributed by atoms with Gasteiger partial charge in [-0.25, -0.2) is 0 Å². The fourth-order valence-electron chi connectivity index (χ4n) is 4.93. The van der Waals surface area contributed by atoms with Crippen molar-refractivity contribution in [1.29, 1.82) is 0 Å². The quantitative estimate of drug-likeness (QED) is 0.121. The van der Waals surface area contributed by atoms with Gasteiger partial charge < -0.3 is 9.47 Å². The van der Waals surface area contributed by atoms with E-state index < -0.39 is 0 Å². The van der Waals surface area contributed by atoms with Gasteiger partial charge in [0.2, 0.25) is 0 Å². The second kappa shape index (κ2) is 15.1. The van der Waals surface area contributed by atoms with Gasteiger partial charge in [-0.05, 0) is 93.3 Å². The topological polar surface area (TPSA) is 43.2 Å². The number of fused-ring (bicyclic) bond motifs is 2. The van der Waals surface area contributed by atoms with Crippen molar-refractivity contribution in [2.45, 2.75) is 0 Å².